The van der Waals surface area contributed by atoms with Crippen molar-refractivity contribution in [3.05, 3.63) is 0 Å². The minimum atomic E-state index is 0.0550. The molecule has 0 spiro atoms. The van der Waals surface area contributed by atoms with Crippen molar-refractivity contribution in [2.24, 2.45) is 17.8 Å². The number of rotatable bonds is 1. The molecule has 0 aliphatic heterocycles. The summed E-state index contributed by atoms with van der Waals surface area (Å²) in [5, 5.41) is 0. The van der Waals surface area contributed by atoms with Crippen LogP contribution in [0.25, 0.3) is 0 Å². The molecule has 0 saturated heterocycles. The molecule has 1 rings (SSSR count). The van der Waals surface area contributed by atoms with Gasteiger partial charge in [-0.15, -0.1) is 0 Å². The van der Waals surface area contributed by atoms with Gasteiger partial charge in [0.2, 0.25) is 0 Å². The Morgan fingerprint density at radius 2 is 2.08 bits per heavy atom. The van der Waals surface area contributed by atoms with Crippen LogP contribution in [-0.4, -0.2) is 32.2 Å². The van der Waals surface area contributed by atoms with Crippen molar-refractivity contribution in [1.29, 1.82) is 0 Å². The topological polar surface area (TPSA) is 26.3 Å². The molecule has 1 fully saturated rings. The van der Waals surface area contributed by atoms with Gasteiger partial charge in [0.05, 0.1) is 0 Å². The summed E-state index contributed by atoms with van der Waals surface area (Å²) in [6, 6.07) is 0. The van der Waals surface area contributed by atoms with Crippen LogP contribution in [0.4, 0.5) is 0 Å². The quantitative estimate of drug-likeness (QED) is 0.666. The van der Waals surface area contributed by atoms with Gasteiger partial charge in [-0.3, -0.25) is 0 Å². The zero-order chi connectivity index (χ0) is 9.14. The van der Waals surface area contributed by atoms with Crippen LogP contribution in [0.15, 0.2) is 0 Å². The van der Waals surface area contributed by atoms with Gasteiger partial charge in [0.15, 0.2) is 0 Å². The van der Waals surface area contributed by atoms with Crippen LogP contribution in [0.2, 0.25) is 0 Å². The summed E-state index contributed by atoms with van der Waals surface area (Å²) in [7, 11) is 0. The predicted molar refractivity (Wildman–Crippen MR) is 47.5 cm³/mol. The Labute approximate surface area is 90.4 Å². The molecule has 0 aromatic carbocycles. The Morgan fingerprint density at radius 3 is 2.58 bits per heavy atom. The standard InChI is InChI=1S/C9H16O2.Tl/c1-6-3-4-8(9(10)11)7(2)5-6;/h6-8H,3-5H2,1-2H3,(H,10,11);/q;+1/p-1. The summed E-state index contributed by atoms with van der Waals surface area (Å²) >= 11 is 0.356. The first-order valence-corrected chi connectivity index (χ1v) is 6.39. The summed E-state index contributed by atoms with van der Waals surface area (Å²) in [5.41, 5.74) is 0. The van der Waals surface area contributed by atoms with E-state index in [9.17, 15) is 4.79 Å². The van der Waals surface area contributed by atoms with E-state index in [1.54, 1.807) is 0 Å². The molecule has 0 heterocycles. The van der Waals surface area contributed by atoms with Gasteiger partial charge in [0.1, 0.15) is 0 Å². The van der Waals surface area contributed by atoms with Crippen LogP contribution in [0.3, 0.4) is 0 Å². The van der Waals surface area contributed by atoms with E-state index >= 15 is 0 Å². The normalized spacial score (nSPS) is 35.9. The molecule has 66 valence electrons. The molecule has 3 heteroatoms. The second kappa shape index (κ2) is 4.58. The zero-order valence-corrected chi connectivity index (χ0v) is 12.2. The third-order valence-electron chi connectivity index (χ3n) is 2.85. The van der Waals surface area contributed by atoms with Crippen LogP contribution in [-0.2, 0) is 7.48 Å². The molecular weight excluding hydrogens is 344 g/mol. The maximum atomic E-state index is 11.3. The van der Waals surface area contributed by atoms with E-state index in [1.165, 1.54) is 12.8 Å². The van der Waals surface area contributed by atoms with Crippen LogP contribution in [0.5, 0.6) is 0 Å². The Morgan fingerprint density at radius 1 is 1.42 bits per heavy atom. The SMILES string of the molecule is CC1CCC(C(=O)[O][Tl])C(C)C1. The molecule has 0 aromatic heterocycles. The fourth-order valence-electron chi connectivity index (χ4n) is 2.10. The van der Waals surface area contributed by atoms with E-state index in [4.69, 9.17) is 2.69 Å². The molecule has 0 aromatic rings. The molecule has 12 heavy (non-hydrogen) atoms. The van der Waals surface area contributed by atoms with Crippen molar-refractivity contribution in [3.8, 4) is 0 Å². The van der Waals surface area contributed by atoms with E-state index in [0.717, 1.165) is 12.3 Å². The average molecular weight is 360 g/mol. The van der Waals surface area contributed by atoms with Crippen LogP contribution < -0.4 is 0 Å². The first-order valence-electron chi connectivity index (χ1n) is 4.55. The summed E-state index contributed by atoms with van der Waals surface area (Å²) in [6.45, 7) is 4.43. The molecule has 1 aliphatic carbocycles. The maximum absolute atomic E-state index is 11.3. The van der Waals surface area contributed by atoms with Crippen molar-refractivity contribution >= 4 is 32.2 Å². The Balaban J connectivity index is 2.50. The molecule has 0 amide bonds. The van der Waals surface area contributed by atoms with Gasteiger partial charge in [0.25, 0.3) is 0 Å². The van der Waals surface area contributed by atoms with E-state index in [1.807, 2.05) is 0 Å². The monoisotopic (exact) mass is 360 g/mol. The average Bonchev–Trinajstić information content (AvgIpc) is 2.03. The number of carbonyl (C=O) groups excluding carboxylic acids is 1. The van der Waals surface area contributed by atoms with Gasteiger partial charge in [-0.2, -0.15) is 0 Å². The van der Waals surface area contributed by atoms with Crippen molar-refractivity contribution < 1.29 is 7.48 Å². The van der Waals surface area contributed by atoms with E-state index in [0.29, 0.717) is 32.1 Å². The van der Waals surface area contributed by atoms with Crippen LogP contribution >= 0.6 is 0 Å². The molecule has 3 atom stereocenters. The van der Waals surface area contributed by atoms with Crippen LogP contribution in [0.1, 0.15) is 33.1 Å². The number of hydrogen-bond donors (Lipinski definition) is 0. The molecule has 1 saturated carbocycles. The van der Waals surface area contributed by atoms with E-state index in [2.05, 4.69) is 13.8 Å². The Kier molecular flexibility index (Phi) is 4.00. The fourth-order valence-corrected chi connectivity index (χ4v) is 2.78. The van der Waals surface area contributed by atoms with Gasteiger partial charge in [-0.05, 0) is 0 Å². The molecule has 2 nitrogen and oxygen atoms in total. The summed E-state index contributed by atoms with van der Waals surface area (Å²) < 4.78 is 4.92. The third-order valence-corrected chi connectivity index (χ3v) is 3.75. The first-order chi connectivity index (χ1) is 5.65. The van der Waals surface area contributed by atoms with Gasteiger partial charge in [0, 0.05) is 0 Å². The third kappa shape index (κ3) is 2.44. The molecule has 0 bridgehead atoms. The van der Waals surface area contributed by atoms with Gasteiger partial charge in [-0.25, -0.2) is 0 Å². The van der Waals surface area contributed by atoms with Crippen molar-refractivity contribution in [2.45, 2.75) is 33.1 Å². The number of hydrogen-bond acceptors (Lipinski definition) is 2. The summed E-state index contributed by atoms with van der Waals surface area (Å²) in [6.07, 6.45) is 3.41. The molecule has 1 aliphatic rings. The van der Waals surface area contributed by atoms with Crippen molar-refractivity contribution in [2.75, 3.05) is 0 Å². The molecule has 3 unspecified atom stereocenters. The predicted octanol–water partition coefficient (Wildman–Crippen LogP) is 1.69. The van der Waals surface area contributed by atoms with Crippen LogP contribution in [0, 0.1) is 17.8 Å². The van der Waals surface area contributed by atoms with Gasteiger partial charge < -0.3 is 0 Å². The Bertz CT molecular complexity index is 170. The second-order valence-electron chi connectivity index (χ2n) is 3.94. The summed E-state index contributed by atoms with van der Waals surface area (Å²) in [4.78, 5) is 11.3. The molecule has 0 N–H and O–H groups in total. The molecule has 0 radical (unpaired) electrons. The van der Waals surface area contributed by atoms with E-state index < -0.39 is 0 Å². The van der Waals surface area contributed by atoms with Crippen molar-refractivity contribution in [3.63, 3.8) is 0 Å². The zero-order valence-electron chi connectivity index (χ0n) is 7.75. The fraction of sp³-hybridized carbons (Fsp3) is 0.889. The van der Waals surface area contributed by atoms with Gasteiger partial charge in [-0.1, -0.05) is 0 Å². The first kappa shape index (κ1) is 10.5. The Hall–Kier alpha value is 0.392. The summed E-state index contributed by atoms with van der Waals surface area (Å²) in [5.74, 6) is 1.58. The number of carbonyl (C=O) groups is 1. The van der Waals surface area contributed by atoms with Crippen molar-refractivity contribution in [1.82, 2.24) is 0 Å². The second-order valence-corrected chi connectivity index (χ2v) is 4.86. The minimum absolute atomic E-state index is 0.0550. The molecular formula is C9H15O2Tl. The van der Waals surface area contributed by atoms with E-state index in [-0.39, 0.29) is 11.9 Å². The van der Waals surface area contributed by atoms with Gasteiger partial charge >= 0.3 is 90.5 Å².